The molecule has 1 aromatic carbocycles. The highest BCUT2D eigenvalue weighted by Gasteiger charge is 2.30. The third-order valence-electron chi connectivity index (χ3n) is 4.57. The van der Waals surface area contributed by atoms with Gasteiger partial charge in [-0.15, -0.1) is 11.3 Å². The van der Waals surface area contributed by atoms with E-state index in [4.69, 9.17) is 4.98 Å². The van der Waals surface area contributed by atoms with Crippen molar-refractivity contribution in [3.05, 3.63) is 51.1 Å². The van der Waals surface area contributed by atoms with Crippen LogP contribution in [0.1, 0.15) is 31.2 Å². The predicted octanol–water partition coefficient (Wildman–Crippen LogP) is 4.11. The average Bonchev–Trinajstić information content (AvgIpc) is 3.01. The standard InChI is InChI=1S/C20H22N2O3S/c1-5-13-10-15-17(26-13)21-16(14-9-7-6-8-12(14)2)22(18(15)23)11-20(3,4)19(24)25/h6-10H,5,11H2,1-4H3,(H,24,25). The lowest BCUT2D eigenvalue weighted by molar-refractivity contribution is -0.147. The van der Waals surface area contributed by atoms with Gasteiger partial charge in [0, 0.05) is 17.0 Å². The number of aromatic nitrogens is 2. The van der Waals surface area contributed by atoms with Crippen molar-refractivity contribution in [2.75, 3.05) is 0 Å². The van der Waals surface area contributed by atoms with Crippen LogP contribution in [-0.4, -0.2) is 20.6 Å². The Hall–Kier alpha value is -2.47. The minimum atomic E-state index is -1.08. The zero-order chi connectivity index (χ0) is 19.1. The molecule has 5 nitrogen and oxygen atoms in total. The van der Waals surface area contributed by atoms with Crippen LogP contribution >= 0.6 is 11.3 Å². The summed E-state index contributed by atoms with van der Waals surface area (Å²) in [6.07, 6.45) is 0.834. The molecule has 2 heterocycles. The van der Waals surface area contributed by atoms with E-state index < -0.39 is 11.4 Å². The quantitative estimate of drug-likeness (QED) is 0.734. The van der Waals surface area contributed by atoms with Crippen molar-refractivity contribution >= 4 is 27.5 Å². The fraction of sp³-hybridized carbons (Fsp3) is 0.350. The summed E-state index contributed by atoms with van der Waals surface area (Å²) in [5.74, 6) is -0.417. The predicted molar refractivity (Wildman–Crippen MR) is 105 cm³/mol. The van der Waals surface area contributed by atoms with Gasteiger partial charge in [0.25, 0.3) is 5.56 Å². The molecule has 6 heteroatoms. The minimum absolute atomic E-state index is 0.0606. The molecule has 0 saturated carbocycles. The molecule has 3 aromatic rings. The number of carboxylic acid groups (broad SMARTS) is 1. The number of fused-ring (bicyclic) bond motifs is 1. The van der Waals surface area contributed by atoms with Gasteiger partial charge in [0.05, 0.1) is 10.8 Å². The monoisotopic (exact) mass is 370 g/mol. The fourth-order valence-electron chi connectivity index (χ4n) is 2.88. The molecule has 136 valence electrons. The van der Waals surface area contributed by atoms with Gasteiger partial charge < -0.3 is 5.11 Å². The summed E-state index contributed by atoms with van der Waals surface area (Å²) in [6, 6.07) is 9.59. The van der Waals surface area contributed by atoms with E-state index in [1.54, 1.807) is 13.8 Å². The zero-order valence-electron chi connectivity index (χ0n) is 15.4. The number of thiophene rings is 1. The second kappa shape index (κ2) is 6.68. The van der Waals surface area contributed by atoms with Crippen molar-refractivity contribution in [1.29, 1.82) is 0 Å². The Labute approximate surface area is 155 Å². The van der Waals surface area contributed by atoms with Crippen LogP contribution in [0.3, 0.4) is 0 Å². The van der Waals surface area contributed by atoms with Crippen LogP contribution < -0.4 is 5.56 Å². The van der Waals surface area contributed by atoms with E-state index >= 15 is 0 Å². The van der Waals surface area contributed by atoms with E-state index in [0.29, 0.717) is 16.0 Å². The van der Waals surface area contributed by atoms with Crippen LogP contribution in [0.2, 0.25) is 0 Å². The molecular formula is C20H22N2O3S. The van der Waals surface area contributed by atoms with E-state index in [-0.39, 0.29) is 12.1 Å². The molecule has 26 heavy (non-hydrogen) atoms. The number of carbonyl (C=O) groups is 1. The molecule has 1 N–H and O–H groups in total. The van der Waals surface area contributed by atoms with E-state index in [9.17, 15) is 14.7 Å². The van der Waals surface area contributed by atoms with Gasteiger partial charge in [-0.25, -0.2) is 4.98 Å². The molecule has 0 aliphatic carbocycles. The maximum atomic E-state index is 13.2. The zero-order valence-corrected chi connectivity index (χ0v) is 16.2. The SMILES string of the molecule is CCc1cc2c(=O)n(CC(C)(C)C(=O)O)c(-c3ccccc3C)nc2s1. The molecule has 0 unspecified atom stereocenters. The number of aliphatic carboxylic acids is 1. The first-order valence-electron chi connectivity index (χ1n) is 8.57. The number of aryl methyl sites for hydroxylation is 2. The molecule has 0 aliphatic rings. The lowest BCUT2D eigenvalue weighted by Gasteiger charge is -2.23. The summed E-state index contributed by atoms with van der Waals surface area (Å²) in [5, 5.41) is 10.1. The maximum absolute atomic E-state index is 13.2. The van der Waals surface area contributed by atoms with Crippen molar-refractivity contribution in [2.24, 2.45) is 5.41 Å². The summed E-state index contributed by atoms with van der Waals surface area (Å²) in [4.78, 5) is 31.4. The molecule has 0 saturated heterocycles. The first-order chi connectivity index (χ1) is 12.2. The number of hydrogen-bond donors (Lipinski definition) is 1. The summed E-state index contributed by atoms with van der Waals surface area (Å²) in [5.41, 5.74) is 0.575. The highest BCUT2D eigenvalue weighted by Crippen LogP contribution is 2.29. The third kappa shape index (κ3) is 3.17. The van der Waals surface area contributed by atoms with Crippen molar-refractivity contribution in [3.8, 4) is 11.4 Å². The van der Waals surface area contributed by atoms with Crippen LogP contribution in [0, 0.1) is 12.3 Å². The highest BCUT2D eigenvalue weighted by atomic mass is 32.1. The first kappa shape index (κ1) is 18.3. The molecule has 0 fully saturated rings. The Balaban J connectivity index is 2.33. The van der Waals surface area contributed by atoms with Gasteiger partial charge in [0.1, 0.15) is 10.7 Å². The number of carboxylic acids is 1. The van der Waals surface area contributed by atoms with E-state index in [2.05, 4.69) is 0 Å². The third-order valence-corrected chi connectivity index (χ3v) is 5.74. The second-order valence-corrected chi connectivity index (χ2v) is 8.23. The van der Waals surface area contributed by atoms with E-state index in [1.165, 1.54) is 15.9 Å². The van der Waals surface area contributed by atoms with Gasteiger partial charge in [-0.3, -0.25) is 14.2 Å². The van der Waals surface area contributed by atoms with E-state index in [0.717, 1.165) is 22.4 Å². The smallest absolute Gasteiger partial charge is 0.310 e. The van der Waals surface area contributed by atoms with Crippen LogP contribution in [0.4, 0.5) is 0 Å². The molecule has 0 bridgehead atoms. The Morgan fingerprint density at radius 3 is 2.62 bits per heavy atom. The summed E-state index contributed by atoms with van der Waals surface area (Å²) >= 11 is 1.52. The van der Waals surface area contributed by atoms with Crippen LogP contribution in [0.25, 0.3) is 21.6 Å². The lowest BCUT2D eigenvalue weighted by Crippen LogP contribution is -2.35. The van der Waals surface area contributed by atoms with E-state index in [1.807, 2.05) is 44.2 Å². The molecule has 0 aliphatic heterocycles. The van der Waals surface area contributed by atoms with Crippen molar-refractivity contribution in [1.82, 2.24) is 9.55 Å². The number of benzene rings is 1. The van der Waals surface area contributed by atoms with Crippen LogP contribution in [0.15, 0.2) is 35.1 Å². The topological polar surface area (TPSA) is 72.2 Å². The molecular weight excluding hydrogens is 348 g/mol. The minimum Gasteiger partial charge on any atom is -0.481 e. The Kier molecular flexibility index (Phi) is 4.71. The van der Waals surface area contributed by atoms with Gasteiger partial charge in [-0.05, 0) is 38.8 Å². The molecule has 0 radical (unpaired) electrons. The molecule has 0 amide bonds. The molecule has 2 aromatic heterocycles. The summed E-state index contributed by atoms with van der Waals surface area (Å²) in [6.45, 7) is 7.31. The summed E-state index contributed by atoms with van der Waals surface area (Å²) in [7, 11) is 0. The van der Waals surface area contributed by atoms with Gasteiger partial charge in [-0.2, -0.15) is 0 Å². The molecule has 0 spiro atoms. The summed E-state index contributed by atoms with van der Waals surface area (Å²) < 4.78 is 1.52. The van der Waals surface area contributed by atoms with Crippen molar-refractivity contribution in [2.45, 2.75) is 40.7 Å². The Morgan fingerprint density at radius 2 is 2.00 bits per heavy atom. The molecule has 3 rings (SSSR count). The number of rotatable bonds is 5. The van der Waals surface area contributed by atoms with Crippen LogP contribution in [-0.2, 0) is 17.8 Å². The van der Waals surface area contributed by atoms with Crippen molar-refractivity contribution < 1.29 is 9.90 Å². The van der Waals surface area contributed by atoms with Gasteiger partial charge in [0.2, 0.25) is 0 Å². The Bertz CT molecular complexity index is 1050. The Morgan fingerprint density at radius 1 is 1.31 bits per heavy atom. The highest BCUT2D eigenvalue weighted by molar-refractivity contribution is 7.18. The first-order valence-corrected chi connectivity index (χ1v) is 9.39. The second-order valence-electron chi connectivity index (χ2n) is 7.12. The largest absolute Gasteiger partial charge is 0.481 e. The number of hydrogen-bond acceptors (Lipinski definition) is 4. The van der Waals surface area contributed by atoms with Gasteiger partial charge >= 0.3 is 5.97 Å². The lowest BCUT2D eigenvalue weighted by atomic mass is 9.93. The van der Waals surface area contributed by atoms with Gasteiger partial charge in [-0.1, -0.05) is 31.2 Å². The van der Waals surface area contributed by atoms with Gasteiger partial charge in [0.15, 0.2) is 0 Å². The van der Waals surface area contributed by atoms with Crippen LogP contribution in [0.5, 0.6) is 0 Å². The fourth-order valence-corrected chi connectivity index (χ4v) is 3.84. The number of nitrogens with zero attached hydrogens (tertiary/aromatic N) is 2. The van der Waals surface area contributed by atoms with Crippen molar-refractivity contribution in [3.63, 3.8) is 0 Å². The normalized spacial score (nSPS) is 11.8. The average molecular weight is 370 g/mol. The maximum Gasteiger partial charge on any atom is 0.310 e. The molecule has 0 atom stereocenters.